The van der Waals surface area contributed by atoms with Crippen molar-refractivity contribution in [2.75, 3.05) is 19.4 Å². The summed E-state index contributed by atoms with van der Waals surface area (Å²) in [5.41, 5.74) is -0.317. The number of carbonyl (C=O) groups is 2. The van der Waals surface area contributed by atoms with E-state index in [1.807, 2.05) is 0 Å². The van der Waals surface area contributed by atoms with E-state index in [2.05, 4.69) is 10.6 Å². The highest BCUT2D eigenvalue weighted by molar-refractivity contribution is 7.92. The number of urea groups is 2. The molecule has 0 aliphatic carbocycles. The first-order chi connectivity index (χ1) is 10.1. The summed E-state index contributed by atoms with van der Waals surface area (Å²) in [5, 5.41) is 3.71. The van der Waals surface area contributed by atoms with Crippen LogP contribution in [0.1, 0.15) is 13.8 Å². The van der Waals surface area contributed by atoms with Crippen LogP contribution in [0.2, 0.25) is 0 Å². The van der Waals surface area contributed by atoms with E-state index in [1.165, 1.54) is 27.9 Å². The van der Waals surface area contributed by atoms with Gasteiger partial charge in [-0.2, -0.15) is 0 Å². The van der Waals surface area contributed by atoms with Crippen LogP contribution in [-0.2, 0) is 9.84 Å². The number of hydrogen-bond acceptors (Lipinski definition) is 4. The Balaban J connectivity index is 3.12. The highest BCUT2D eigenvalue weighted by Gasteiger charge is 2.22. The minimum Gasteiger partial charge on any atom is -0.341 e. The smallest absolute Gasteiger partial charge is 0.329 e. The molecule has 7 nitrogen and oxygen atoms in total. The lowest BCUT2D eigenvalue weighted by Gasteiger charge is -2.16. The van der Waals surface area contributed by atoms with Gasteiger partial charge in [-0.15, -0.1) is 0 Å². The topological polar surface area (TPSA) is 95.6 Å². The van der Waals surface area contributed by atoms with Crippen LogP contribution in [0.5, 0.6) is 0 Å². The number of carbonyl (C=O) groups excluding carboxylic acids is 2. The molecule has 0 heterocycles. The zero-order valence-electron chi connectivity index (χ0n) is 12.7. The summed E-state index contributed by atoms with van der Waals surface area (Å²) in [6, 6.07) is 1.52. The maximum Gasteiger partial charge on any atom is 0.329 e. The maximum absolute atomic E-state index is 13.7. The predicted molar refractivity (Wildman–Crippen MR) is 80.0 cm³/mol. The van der Waals surface area contributed by atoms with Gasteiger partial charge in [0.05, 0.1) is 15.8 Å². The van der Waals surface area contributed by atoms with E-state index in [9.17, 15) is 22.4 Å². The molecule has 0 saturated heterocycles. The third-order valence-electron chi connectivity index (χ3n) is 2.95. The average Bonchev–Trinajstić information content (AvgIpc) is 2.47. The minimum atomic E-state index is -3.60. The molecule has 0 saturated carbocycles. The highest BCUT2D eigenvalue weighted by atomic mass is 32.2. The van der Waals surface area contributed by atoms with Crippen LogP contribution in [0.3, 0.4) is 0 Å². The van der Waals surface area contributed by atoms with Gasteiger partial charge in [0.25, 0.3) is 0 Å². The third-order valence-corrected chi connectivity index (χ3v) is 5.10. The lowest BCUT2D eigenvalue weighted by Crippen LogP contribution is -2.41. The predicted octanol–water partition coefficient (Wildman–Crippen LogP) is 1.81. The van der Waals surface area contributed by atoms with Gasteiger partial charge in [0.2, 0.25) is 0 Å². The normalized spacial score (nSPS) is 11.2. The number of imide groups is 1. The third kappa shape index (κ3) is 3.73. The van der Waals surface area contributed by atoms with Crippen LogP contribution in [0.4, 0.5) is 19.7 Å². The summed E-state index contributed by atoms with van der Waals surface area (Å²) in [6.45, 7) is 2.99. The van der Waals surface area contributed by atoms with Gasteiger partial charge in [0.1, 0.15) is 5.82 Å². The van der Waals surface area contributed by atoms with Gasteiger partial charge in [-0.3, -0.25) is 0 Å². The van der Waals surface area contributed by atoms with E-state index in [-0.39, 0.29) is 10.6 Å². The van der Waals surface area contributed by atoms with Crippen molar-refractivity contribution in [3.63, 3.8) is 0 Å². The Hall–Kier alpha value is -2.16. The standard InChI is InChI=1S/C13H18FN3O4S/c1-8(2)22(20,21)9-5-6-10(14)11(7-9)16-13(19)17(4)12(18)15-3/h5-8H,1-4H3,(H,15,18)(H,16,19). The van der Waals surface area contributed by atoms with Crippen molar-refractivity contribution < 1.29 is 22.4 Å². The molecule has 0 unspecified atom stereocenters. The number of hydrogen-bond donors (Lipinski definition) is 2. The molecule has 0 spiro atoms. The molecule has 0 aliphatic heterocycles. The van der Waals surface area contributed by atoms with Gasteiger partial charge in [0, 0.05) is 14.1 Å². The highest BCUT2D eigenvalue weighted by Crippen LogP contribution is 2.23. The maximum atomic E-state index is 13.7. The zero-order chi connectivity index (χ0) is 17.1. The molecule has 2 N–H and O–H groups in total. The number of amides is 4. The number of halogens is 1. The first-order valence-corrected chi connectivity index (χ1v) is 7.95. The fourth-order valence-electron chi connectivity index (χ4n) is 1.51. The first kappa shape index (κ1) is 17.9. The second kappa shape index (κ2) is 6.73. The fraction of sp³-hybridized carbons (Fsp3) is 0.385. The van der Waals surface area contributed by atoms with E-state index in [0.29, 0.717) is 4.90 Å². The zero-order valence-corrected chi connectivity index (χ0v) is 13.5. The van der Waals surface area contributed by atoms with Crippen LogP contribution < -0.4 is 10.6 Å². The Morgan fingerprint density at radius 2 is 1.82 bits per heavy atom. The lowest BCUT2D eigenvalue weighted by molar-refractivity contribution is 0.203. The van der Waals surface area contributed by atoms with Crippen LogP contribution >= 0.6 is 0 Å². The number of nitrogens with one attached hydrogen (secondary N) is 2. The summed E-state index contributed by atoms with van der Waals surface area (Å²) in [7, 11) is -1.07. The Labute approximate surface area is 128 Å². The quantitative estimate of drug-likeness (QED) is 0.826. The lowest BCUT2D eigenvalue weighted by atomic mass is 10.3. The molecule has 0 aromatic heterocycles. The molecular weight excluding hydrogens is 313 g/mol. The molecule has 22 heavy (non-hydrogen) atoms. The van der Waals surface area contributed by atoms with Gasteiger partial charge in [-0.25, -0.2) is 27.3 Å². The van der Waals surface area contributed by atoms with Gasteiger partial charge >= 0.3 is 12.1 Å². The number of rotatable bonds is 3. The molecule has 122 valence electrons. The molecule has 1 rings (SSSR count). The van der Waals surface area contributed by atoms with Crippen LogP contribution in [0.15, 0.2) is 23.1 Å². The molecule has 9 heteroatoms. The van der Waals surface area contributed by atoms with Gasteiger partial charge in [-0.05, 0) is 32.0 Å². The molecule has 0 fully saturated rings. The Kier molecular flexibility index (Phi) is 5.48. The minimum absolute atomic E-state index is 0.109. The van der Waals surface area contributed by atoms with Crippen molar-refractivity contribution in [1.82, 2.24) is 10.2 Å². The Morgan fingerprint density at radius 1 is 1.23 bits per heavy atom. The van der Waals surface area contributed by atoms with Crippen molar-refractivity contribution >= 4 is 27.6 Å². The summed E-state index contributed by atoms with van der Waals surface area (Å²) in [4.78, 5) is 23.7. The molecule has 4 amide bonds. The van der Waals surface area contributed by atoms with E-state index < -0.39 is 33.0 Å². The molecule has 0 radical (unpaired) electrons. The van der Waals surface area contributed by atoms with Gasteiger partial charge in [-0.1, -0.05) is 0 Å². The Morgan fingerprint density at radius 3 is 2.32 bits per heavy atom. The molecular formula is C13H18FN3O4S. The summed E-state index contributed by atoms with van der Waals surface area (Å²) in [5.74, 6) is -0.804. The van der Waals surface area contributed by atoms with E-state index in [0.717, 1.165) is 18.2 Å². The average molecular weight is 331 g/mol. The number of anilines is 1. The van der Waals surface area contributed by atoms with E-state index >= 15 is 0 Å². The van der Waals surface area contributed by atoms with Gasteiger partial charge in [0.15, 0.2) is 9.84 Å². The molecule has 1 aromatic carbocycles. The summed E-state index contributed by atoms with van der Waals surface area (Å²) in [6.07, 6.45) is 0. The van der Waals surface area contributed by atoms with Crippen LogP contribution in [0.25, 0.3) is 0 Å². The fourth-order valence-corrected chi connectivity index (χ4v) is 2.59. The molecule has 0 atom stereocenters. The first-order valence-electron chi connectivity index (χ1n) is 6.41. The summed E-state index contributed by atoms with van der Waals surface area (Å²) < 4.78 is 37.9. The van der Waals surface area contributed by atoms with Crippen molar-refractivity contribution in [3.05, 3.63) is 24.0 Å². The van der Waals surface area contributed by atoms with Gasteiger partial charge < -0.3 is 10.6 Å². The largest absolute Gasteiger partial charge is 0.341 e. The second-order valence-electron chi connectivity index (χ2n) is 4.78. The van der Waals surface area contributed by atoms with E-state index in [1.54, 1.807) is 0 Å². The SMILES string of the molecule is CNC(=O)N(C)C(=O)Nc1cc(S(=O)(=O)C(C)C)ccc1F. The Bertz CT molecular complexity index is 689. The van der Waals surface area contributed by atoms with Crippen LogP contribution in [-0.4, -0.2) is 44.7 Å². The van der Waals surface area contributed by atoms with Crippen molar-refractivity contribution in [3.8, 4) is 0 Å². The monoisotopic (exact) mass is 331 g/mol. The van der Waals surface area contributed by atoms with Crippen molar-refractivity contribution in [2.45, 2.75) is 24.0 Å². The molecule has 0 aliphatic rings. The molecule has 1 aromatic rings. The van der Waals surface area contributed by atoms with E-state index in [4.69, 9.17) is 0 Å². The number of benzene rings is 1. The number of sulfone groups is 1. The van der Waals surface area contributed by atoms with Crippen molar-refractivity contribution in [2.24, 2.45) is 0 Å². The second-order valence-corrected chi connectivity index (χ2v) is 7.28. The van der Waals surface area contributed by atoms with Crippen molar-refractivity contribution in [1.29, 1.82) is 0 Å². The molecule has 0 bridgehead atoms. The number of nitrogens with zero attached hydrogens (tertiary/aromatic N) is 1. The van der Waals surface area contributed by atoms with Crippen LogP contribution in [0, 0.1) is 5.82 Å². The summed E-state index contributed by atoms with van der Waals surface area (Å²) >= 11 is 0.